The second-order valence-corrected chi connectivity index (χ2v) is 8.24. The Kier molecular flexibility index (Phi) is 6.90. The van der Waals surface area contributed by atoms with Crippen molar-refractivity contribution in [2.24, 2.45) is 0 Å². The number of H-pyrrole nitrogens is 1. The average molecular weight is 457 g/mol. The van der Waals surface area contributed by atoms with Gasteiger partial charge in [0, 0.05) is 32.7 Å². The monoisotopic (exact) mass is 456 g/mol. The number of nitrogens with zero attached hydrogens (tertiary/aromatic N) is 4. The van der Waals surface area contributed by atoms with Gasteiger partial charge in [0.25, 0.3) is 0 Å². The number of aromatic nitrogens is 5. The number of amides is 1. The molecule has 3 aromatic heterocycles. The van der Waals surface area contributed by atoms with Crippen molar-refractivity contribution in [3.05, 3.63) is 46.5 Å². The second-order valence-electron chi connectivity index (χ2n) is 6.91. The number of carbonyl (C=O) groups excluding carboxylic acids is 1. The molecule has 0 radical (unpaired) electrons. The lowest BCUT2D eigenvalue weighted by molar-refractivity contribution is -0.116. The molecule has 3 heterocycles. The Morgan fingerprint density at radius 2 is 2.10 bits per heavy atom. The van der Waals surface area contributed by atoms with Gasteiger partial charge in [-0.2, -0.15) is 5.10 Å². The van der Waals surface area contributed by atoms with E-state index in [1.807, 2.05) is 57.8 Å². The summed E-state index contributed by atoms with van der Waals surface area (Å²) in [6.45, 7) is 4.48. The van der Waals surface area contributed by atoms with Crippen LogP contribution in [0.1, 0.15) is 19.8 Å². The zero-order valence-electron chi connectivity index (χ0n) is 17.2. The SMILES string of the molecule is CCOCCCn1c(NC(=O)CCn2c(-c3cccs3)n[nH]c2=S)nc2ccccc21. The first-order chi connectivity index (χ1) is 15.2. The van der Waals surface area contributed by atoms with Crippen LogP contribution in [0, 0.1) is 4.77 Å². The minimum Gasteiger partial charge on any atom is -0.382 e. The van der Waals surface area contributed by atoms with Crippen molar-refractivity contribution in [2.75, 3.05) is 18.5 Å². The number of anilines is 1. The fourth-order valence-corrected chi connectivity index (χ4v) is 4.33. The van der Waals surface area contributed by atoms with E-state index in [0.29, 0.717) is 37.0 Å². The normalized spacial score (nSPS) is 11.3. The summed E-state index contributed by atoms with van der Waals surface area (Å²) >= 11 is 6.93. The summed E-state index contributed by atoms with van der Waals surface area (Å²) < 4.78 is 9.84. The van der Waals surface area contributed by atoms with Crippen molar-refractivity contribution in [2.45, 2.75) is 32.9 Å². The van der Waals surface area contributed by atoms with Gasteiger partial charge in [-0.1, -0.05) is 18.2 Å². The van der Waals surface area contributed by atoms with Crippen molar-refractivity contribution in [1.29, 1.82) is 0 Å². The van der Waals surface area contributed by atoms with Gasteiger partial charge in [-0.15, -0.1) is 11.3 Å². The number of benzene rings is 1. The number of aryl methyl sites for hydroxylation is 1. The van der Waals surface area contributed by atoms with Crippen molar-refractivity contribution in [3.63, 3.8) is 0 Å². The van der Waals surface area contributed by atoms with Crippen LogP contribution in [0.15, 0.2) is 41.8 Å². The molecule has 0 atom stereocenters. The van der Waals surface area contributed by atoms with Crippen LogP contribution in [0.3, 0.4) is 0 Å². The van der Waals surface area contributed by atoms with E-state index in [9.17, 15) is 4.79 Å². The molecule has 162 valence electrons. The molecule has 4 aromatic rings. The van der Waals surface area contributed by atoms with Crippen molar-refractivity contribution >= 4 is 46.4 Å². The summed E-state index contributed by atoms with van der Waals surface area (Å²) in [5.41, 5.74) is 1.84. The molecular weight excluding hydrogens is 432 g/mol. The van der Waals surface area contributed by atoms with Crippen LogP contribution in [0.2, 0.25) is 0 Å². The topological polar surface area (TPSA) is 89.8 Å². The maximum Gasteiger partial charge on any atom is 0.228 e. The average Bonchev–Trinajstić information content (AvgIpc) is 3.49. The minimum atomic E-state index is -0.124. The predicted molar refractivity (Wildman–Crippen MR) is 125 cm³/mol. The third-order valence-electron chi connectivity index (χ3n) is 4.84. The molecule has 10 heteroatoms. The van der Waals surface area contributed by atoms with Gasteiger partial charge >= 0.3 is 0 Å². The van der Waals surface area contributed by atoms with Crippen molar-refractivity contribution in [3.8, 4) is 10.7 Å². The van der Waals surface area contributed by atoms with E-state index in [4.69, 9.17) is 17.0 Å². The quantitative estimate of drug-likeness (QED) is 0.271. The first kappa shape index (κ1) is 21.4. The Morgan fingerprint density at radius 3 is 2.90 bits per heavy atom. The summed E-state index contributed by atoms with van der Waals surface area (Å²) in [5, 5.41) is 12.1. The van der Waals surface area contributed by atoms with Gasteiger partial charge in [0.15, 0.2) is 10.6 Å². The maximum atomic E-state index is 12.8. The number of thiophene rings is 1. The van der Waals surface area contributed by atoms with Crippen molar-refractivity contribution < 1.29 is 9.53 Å². The van der Waals surface area contributed by atoms with E-state index < -0.39 is 0 Å². The molecule has 0 aliphatic heterocycles. The molecule has 0 bridgehead atoms. The number of ether oxygens (including phenoxy) is 1. The zero-order chi connectivity index (χ0) is 21.6. The van der Waals surface area contributed by atoms with Gasteiger partial charge in [0.05, 0.1) is 15.9 Å². The third-order valence-corrected chi connectivity index (χ3v) is 6.02. The van der Waals surface area contributed by atoms with Crippen molar-refractivity contribution in [1.82, 2.24) is 24.3 Å². The van der Waals surface area contributed by atoms with Gasteiger partial charge in [-0.3, -0.25) is 19.8 Å². The predicted octanol–water partition coefficient (Wildman–Crippen LogP) is 4.47. The number of imidazole rings is 1. The minimum absolute atomic E-state index is 0.124. The highest BCUT2D eigenvalue weighted by Crippen LogP contribution is 2.23. The molecule has 0 saturated carbocycles. The van der Waals surface area contributed by atoms with E-state index in [-0.39, 0.29) is 12.3 Å². The number of aromatic amines is 1. The first-order valence-electron chi connectivity index (χ1n) is 10.2. The first-order valence-corrected chi connectivity index (χ1v) is 11.5. The molecular formula is C21H24N6O2S2. The Balaban J connectivity index is 1.47. The number of carbonyl (C=O) groups is 1. The van der Waals surface area contributed by atoms with Gasteiger partial charge in [0.1, 0.15) is 0 Å². The molecule has 4 rings (SSSR count). The molecule has 0 fully saturated rings. The third kappa shape index (κ3) is 4.92. The second kappa shape index (κ2) is 9.99. The smallest absolute Gasteiger partial charge is 0.228 e. The largest absolute Gasteiger partial charge is 0.382 e. The molecule has 1 aromatic carbocycles. The highest BCUT2D eigenvalue weighted by atomic mass is 32.1. The van der Waals surface area contributed by atoms with E-state index in [2.05, 4.69) is 20.5 Å². The molecule has 0 unspecified atom stereocenters. The Labute approximate surface area is 188 Å². The number of nitrogens with one attached hydrogen (secondary N) is 2. The molecule has 0 aliphatic rings. The number of hydrogen-bond acceptors (Lipinski definition) is 6. The van der Waals surface area contributed by atoms with Gasteiger partial charge in [0.2, 0.25) is 11.9 Å². The number of fused-ring (bicyclic) bond motifs is 1. The van der Waals surface area contributed by atoms with Gasteiger partial charge < -0.3 is 9.30 Å². The van der Waals surface area contributed by atoms with E-state index in [0.717, 1.165) is 28.2 Å². The highest BCUT2D eigenvalue weighted by Gasteiger charge is 2.15. The summed E-state index contributed by atoms with van der Waals surface area (Å²) in [6, 6.07) is 11.8. The van der Waals surface area contributed by atoms with E-state index >= 15 is 0 Å². The lowest BCUT2D eigenvalue weighted by Gasteiger charge is -2.11. The van der Waals surface area contributed by atoms with E-state index in [1.54, 1.807) is 11.3 Å². The van der Waals surface area contributed by atoms with Crippen LogP contribution in [0.25, 0.3) is 21.7 Å². The molecule has 1 amide bonds. The number of rotatable bonds is 10. The number of para-hydroxylation sites is 2. The maximum absolute atomic E-state index is 12.8. The molecule has 31 heavy (non-hydrogen) atoms. The molecule has 2 N–H and O–H groups in total. The van der Waals surface area contributed by atoms with Crippen LogP contribution < -0.4 is 5.32 Å². The van der Waals surface area contributed by atoms with Gasteiger partial charge in [-0.05, 0) is 49.1 Å². The van der Waals surface area contributed by atoms with E-state index in [1.165, 1.54) is 0 Å². The fourth-order valence-electron chi connectivity index (χ4n) is 3.39. The van der Waals surface area contributed by atoms with Crippen LogP contribution in [0.5, 0.6) is 0 Å². The molecule has 0 spiro atoms. The summed E-state index contributed by atoms with van der Waals surface area (Å²) in [5.74, 6) is 1.18. The Bertz CT molecular complexity index is 1210. The van der Waals surface area contributed by atoms with Crippen LogP contribution in [-0.4, -0.2) is 43.4 Å². The molecule has 0 aliphatic carbocycles. The fraction of sp³-hybridized carbons (Fsp3) is 0.333. The molecule has 8 nitrogen and oxygen atoms in total. The lowest BCUT2D eigenvalue weighted by atomic mass is 10.3. The lowest BCUT2D eigenvalue weighted by Crippen LogP contribution is -2.18. The summed E-state index contributed by atoms with van der Waals surface area (Å²) in [4.78, 5) is 18.4. The summed E-state index contributed by atoms with van der Waals surface area (Å²) in [6.07, 6.45) is 1.10. The van der Waals surface area contributed by atoms with Crippen LogP contribution in [-0.2, 0) is 22.6 Å². The zero-order valence-corrected chi connectivity index (χ0v) is 18.8. The standard InChI is InChI=1S/C21H24N6O2S2/c1-2-29-13-6-11-26-16-8-4-3-7-15(16)22-20(26)23-18(28)10-12-27-19(24-25-21(27)30)17-9-5-14-31-17/h3-5,7-9,14H,2,6,10-13H2,1H3,(H,25,30)(H,22,23,28). The molecule has 0 saturated heterocycles. The summed E-state index contributed by atoms with van der Waals surface area (Å²) in [7, 11) is 0. The van der Waals surface area contributed by atoms with Gasteiger partial charge in [-0.25, -0.2) is 4.98 Å². The Morgan fingerprint density at radius 1 is 1.23 bits per heavy atom. The number of hydrogen-bond donors (Lipinski definition) is 2. The van der Waals surface area contributed by atoms with Crippen LogP contribution >= 0.6 is 23.6 Å². The Hall–Kier alpha value is -2.82. The van der Waals surface area contributed by atoms with Crippen LogP contribution in [0.4, 0.5) is 5.95 Å². The highest BCUT2D eigenvalue weighted by molar-refractivity contribution is 7.71.